The first kappa shape index (κ1) is 26.6. The minimum atomic E-state index is -0.0613. The quantitative estimate of drug-likeness (QED) is 0.146. The summed E-state index contributed by atoms with van der Waals surface area (Å²) in [7, 11) is 0. The number of hydrogen-bond acceptors (Lipinski definition) is 2. The molecule has 2 nitrogen and oxygen atoms in total. The van der Waals surface area contributed by atoms with Crippen LogP contribution in [0.2, 0.25) is 0 Å². The standard InChI is InChI=1S/C26H44O2/c1-4-5-6-7-8-9-10-11-12-13-14-15-16-17-18-19-20-21-22-23-24-26(27)28-25(2)3/h25H,4-12,17-24H2,1-3H3. The van der Waals surface area contributed by atoms with Gasteiger partial charge in [-0.15, -0.1) is 0 Å². The molecule has 0 aliphatic heterocycles. The zero-order valence-corrected chi connectivity index (χ0v) is 18.9. The fourth-order valence-electron chi connectivity index (χ4n) is 3.07. The first-order valence-electron chi connectivity index (χ1n) is 11.8. The molecule has 0 saturated carbocycles. The van der Waals surface area contributed by atoms with Gasteiger partial charge in [0.15, 0.2) is 0 Å². The monoisotopic (exact) mass is 388 g/mol. The van der Waals surface area contributed by atoms with Crippen molar-refractivity contribution in [1.29, 1.82) is 0 Å². The Morgan fingerprint density at radius 2 is 1.11 bits per heavy atom. The van der Waals surface area contributed by atoms with Gasteiger partial charge in [0, 0.05) is 19.3 Å². The average molecular weight is 389 g/mol. The van der Waals surface area contributed by atoms with Crippen LogP contribution in [0, 0.1) is 23.7 Å². The summed E-state index contributed by atoms with van der Waals surface area (Å²) < 4.78 is 5.13. The van der Waals surface area contributed by atoms with E-state index in [0.29, 0.717) is 6.42 Å². The largest absolute Gasteiger partial charge is 0.463 e. The molecule has 0 aliphatic carbocycles. The Balaban J connectivity index is 3.32. The SMILES string of the molecule is CCCCCCCCCCC#CC#CCCCCCCCCC(=O)OC(C)C. The minimum absolute atomic E-state index is 0.00315. The van der Waals surface area contributed by atoms with Gasteiger partial charge in [-0.1, -0.05) is 89.4 Å². The summed E-state index contributed by atoms with van der Waals surface area (Å²) >= 11 is 0. The molecule has 0 rings (SSSR count). The van der Waals surface area contributed by atoms with Gasteiger partial charge in [-0.25, -0.2) is 0 Å². The van der Waals surface area contributed by atoms with Crippen LogP contribution in [-0.2, 0) is 9.53 Å². The van der Waals surface area contributed by atoms with Crippen molar-refractivity contribution in [3.8, 4) is 23.7 Å². The van der Waals surface area contributed by atoms with Crippen LogP contribution >= 0.6 is 0 Å². The van der Waals surface area contributed by atoms with Crippen LogP contribution in [-0.4, -0.2) is 12.1 Å². The highest BCUT2D eigenvalue weighted by Crippen LogP contribution is 2.10. The highest BCUT2D eigenvalue weighted by molar-refractivity contribution is 5.69. The van der Waals surface area contributed by atoms with E-state index in [9.17, 15) is 4.79 Å². The van der Waals surface area contributed by atoms with E-state index in [4.69, 9.17) is 4.74 Å². The molecular weight excluding hydrogens is 344 g/mol. The van der Waals surface area contributed by atoms with Gasteiger partial charge in [0.1, 0.15) is 0 Å². The van der Waals surface area contributed by atoms with E-state index >= 15 is 0 Å². The van der Waals surface area contributed by atoms with Crippen molar-refractivity contribution in [1.82, 2.24) is 0 Å². The van der Waals surface area contributed by atoms with Crippen LogP contribution in [0.5, 0.6) is 0 Å². The fraction of sp³-hybridized carbons (Fsp3) is 0.808. The number of rotatable bonds is 17. The zero-order valence-electron chi connectivity index (χ0n) is 18.9. The molecule has 0 bridgehead atoms. The summed E-state index contributed by atoms with van der Waals surface area (Å²) in [6.07, 6.45) is 20.2. The Morgan fingerprint density at radius 3 is 1.57 bits per heavy atom. The highest BCUT2D eigenvalue weighted by Gasteiger charge is 2.04. The van der Waals surface area contributed by atoms with Crippen molar-refractivity contribution in [3.63, 3.8) is 0 Å². The summed E-state index contributed by atoms with van der Waals surface area (Å²) in [4.78, 5) is 11.4. The van der Waals surface area contributed by atoms with E-state index in [1.54, 1.807) is 0 Å². The molecule has 0 aromatic heterocycles. The predicted molar refractivity (Wildman–Crippen MR) is 121 cm³/mol. The number of ether oxygens (including phenoxy) is 1. The maximum Gasteiger partial charge on any atom is 0.306 e. The lowest BCUT2D eigenvalue weighted by Crippen LogP contribution is -2.10. The molecule has 28 heavy (non-hydrogen) atoms. The van der Waals surface area contributed by atoms with E-state index in [0.717, 1.165) is 32.1 Å². The third-order valence-corrected chi connectivity index (χ3v) is 4.69. The molecule has 0 saturated heterocycles. The molecule has 0 amide bonds. The molecule has 0 unspecified atom stereocenters. The van der Waals surface area contributed by atoms with Crippen molar-refractivity contribution in [2.75, 3.05) is 0 Å². The van der Waals surface area contributed by atoms with E-state index < -0.39 is 0 Å². The van der Waals surface area contributed by atoms with Gasteiger partial charge in [-0.2, -0.15) is 0 Å². The van der Waals surface area contributed by atoms with Gasteiger partial charge in [0.05, 0.1) is 6.10 Å². The van der Waals surface area contributed by atoms with Gasteiger partial charge in [-0.05, 0) is 45.0 Å². The van der Waals surface area contributed by atoms with E-state index in [1.165, 1.54) is 70.6 Å². The summed E-state index contributed by atoms with van der Waals surface area (Å²) in [5.41, 5.74) is 0. The third-order valence-electron chi connectivity index (χ3n) is 4.69. The molecule has 0 heterocycles. The lowest BCUT2D eigenvalue weighted by molar-refractivity contribution is -0.147. The minimum Gasteiger partial charge on any atom is -0.463 e. The second kappa shape index (κ2) is 21.9. The summed E-state index contributed by atoms with van der Waals surface area (Å²) in [6.45, 7) is 6.05. The molecule has 0 aliphatic rings. The van der Waals surface area contributed by atoms with Crippen molar-refractivity contribution in [3.05, 3.63) is 0 Å². The van der Waals surface area contributed by atoms with Crippen molar-refractivity contribution >= 4 is 5.97 Å². The van der Waals surface area contributed by atoms with Crippen molar-refractivity contribution in [2.45, 2.75) is 136 Å². The molecule has 0 spiro atoms. The first-order chi connectivity index (χ1) is 13.7. The lowest BCUT2D eigenvalue weighted by atomic mass is 10.1. The van der Waals surface area contributed by atoms with Gasteiger partial charge < -0.3 is 4.74 Å². The van der Waals surface area contributed by atoms with Gasteiger partial charge in [0.25, 0.3) is 0 Å². The van der Waals surface area contributed by atoms with Crippen molar-refractivity contribution < 1.29 is 9.53 Å². The van der Waals surface area contributed by atoms with E-state index in [-0.39, 0.29) is 12.1 Å². The van der Waals surface area contributed by atoms with E-state index in [1.807, 2.05) is 13.8 Å². The summed E-state index contributed by atoms with van der Waals surface area (Å²) in [5.74, 6) is 12.3. The molecule has 0 atom stereocenters. The average Bonchev–Trinajstić information content (AvgIpc) is 2.66. The van der Waals surface area contributed by atoms with Crippen LogP contribution in [0.1, 0.15) is 130 Å². The highest BCUT2D eigenvalue weighted by atomic mass is 16.5. The lowest BCUT2D eigenvalue weighted by Gasteiger charge is -2.07. The second-order valence-corrected chi connectivity index (χ2v) is 7.99. The molecule has 0 fully saturated rings. The van der Waals surface area contributed by atoms with Crippen LogP contribution in [0.25, 0.3) is 0 Å². The molecule has 0 aromatic rings. The Bertz CT molecular complexity index is 470. The Labute approximate surface area is 175 Å². The number of unbranched alkanes of at least 4 members (excludes halogenated alkanes) is 14. The molecule has 160 valence electrons. The second-order valence-electron chi connectivity index (χ2n) is 7.99. The Hall–Kier alpha value is -1.41. The Kier molecular flexibility index (Phi) is 20.8. The van der Waals surface area contributed by atoms with Gasteiger partial charge in [-0.3, -0.25) is 4.79 Å². The molecule has 0 aromatic carbocycles. The molecule has 0 radical (unpaired) electrons. The Morgan fingerprint density at radius 1 is 0.679 bits per heavy atom. The topological polar surface area (TPSA) is 26.3 Å². The zero-order chi connectivity index (χ0) is 20.7. The third kappa shape index (κ3) is 22.6. The smallest absolute Gasteiger partial charge is 0.306 e. The summed E-state index contributed by atoms with van der Waals surface area (Å²) in [5, 5.41) is 0. The molecule has 2 heteroatoms. The van der Waals surface area contributed by atoms with E-state index in [2.05, 4.69) is 30.6 Å². The van der Waals surface area contributed by atoms with Crippen molar-refractivity contribution in [2.24, 2.45) is 0 Å². The number of carbonyl (C=O) groups is 1. The fourth-order valence-corrected chi connectivity index (χ4v) is 3.07. The summed E-state index contributed by atoms with van der Waals surface area (Å²) in [6, 6.07) is 0. The predicted octanol–water partition coefficient (Wildman–Crippen LogP) is 7.60. The number of esters is 1. The number of hydrogen-bond donors (Lipinski definition) is 0. The van der Waals surface area contributed by atoms with Gasteiger partial charge >= 0.3 is 5.97 Å². The first-order valence-corrected chi connectivity index (χ1v) is 11.8. The van der Waals surface area contributed by atoms with Crippen LogP contribution in [0.4, 0.5) is 0 Å². The number of carbonyl (C=O) groups excluding carboxylic acids is 1. The van der Waals surface area contributed by atoms with Crippen LogP contribution in [0.15, 0.2) is 0 Å². The maximum absolute atomic E-state index is 11.4. The normalized spacial score (nSPS) is 10.1. The van der Waals surface area contributed by atoms with Gasteiger partial charge in [0.2, 0.25) is 0 Å². The molecule has 0 N–H and O–H groups in total. The van der Waals surface area contributed by atoms with Crippen LogP contribution < -0.4 is 0 Å². The molecular formula is C26H44O2. The maximum atomic E-state index is 11.4. The van der Waals surface area contributed by atoms with Crippen LogP contribution in [0.3, 0.4) is 0 Å².